The predicted octanol–water partition coefficient (Wildman–Crippen LogP) is 2.99. The highest BCUT2D eigenvalue weighted by atomic mass is 16.2. The van der Waals surface area contributed by atoms with Crippen molar-refractivity contribution in [2.45, 2.75) is 72.4 Å². The highest BCUT2D eigenvalue weighted by molar-refractivity contribution is 5.92. The van der Waals surface area contributed by atoms with E-state index < -0.39 is 0 Å². The van der Waals surface area contributed by atoms with Gasteiger partial charge in [-0.05, 0) is 36.7 Å². The fourth-order valence-electron chi connectivity index (χ4n) is 3.52. The quantitative estimate of drug-likeness (QED) is 0.928. The largest absolute Gasteiger partial charge is 0.348 e. The number of aryl methyl sites for hydroxylation is 1. The zero-order valence-electron chi connectivity index (χ0n) is 14.8. The van der Waals surface area contributed by atoms with Gasteiger partial charge in [-0.2, -0.15) is 5.10 Å². The van der Waals surface area contributed by atoms with E-state index in [1.807, 2.05) is 6.92 Å². The standard InChI is InChI=1S/C18H29N3O2/c1-5-12-21-16(22)11-10-15(20-21)17(23)19-14-9-7-6-8-13(14)18(2,3)4/h10-11,13-14H,5-9,12H2,1-4H3,(H,19,23). The molecular weight excluding hydrogens is 290 g/mol. The zero-order valence-corrected chi connectivity index (χ0v) is 14.8. The number of hydrogen-bond acceptors (Lipinski definition) is 3. The van der Waals surface area contributed by atoms with E-state index in [-0.39, 0.29) is 22.9 Å². The molecule has 128 valence electrons. The van der Waals surface area contributed by atoms with Crippen molar-refractivity contribution < 1.29 is 4.79 Å². The van der Waals surface area contributed by atoms with Crippen molar-refractivity contribution in [1.29, 1.82) is 0 Å². The van der Waals surface area contributed by atoms with Gasteiger partial charge in [0.25, 0.3) is 11.5 Å². The third kappa shape index (κ3) is 4.43. The van der Waals surface area contributed by atoms with Gasteiger partial charge in [0, 0.05) is 18.7 Å². The van der Waals surface area contributed by atoms with Gasteiger partial charge < -0.3 is 5.32 Å². The fraction of sp³-hybridized carbons (Fsp3) is 0.722. The third-order valence-electron chi connectivity index (χ3n) is 4.73. The number of aromatic nitrogens is 2. The van der Waals surface area contributed by atoms with E-state index in [0.717, 1.165) is 25.7 Å². The van der Waals surface area contributed by atoms with E-state index in [4.69, 9.17) is 0 Å². The molecule has 1 aliphatic carbocycles. The maximum Gasteiger partial charge on any atom is 0.271 e. The second-order valence-electron chi connectivity index (χ2n) is 7.62. The summed E-state index contributed by atoms with van der Waals surface area (Å²) in [7, 11) is 0. The molecule has 1 N–H and O–H groups in total. The van der Waals surface area contributed by atoms with Crippen molar-refractivity contribution in [1.82, 2.24) is 15.1 Å². The summed E-state index contributed by atoms with van der Waals surface area (Å²) in [4.78, 5) is 24.3. The first kappa shape index (κ1) is 17.7. The van der Waals surface area contributed by atoms with Gasteiger partial charge in [-0.1, -0.05) is 40.5 Å². The summed E-state index contributed by atoms with van der Waals surface area (Å²) in [6.07, 6.45) is 5.36. The molecule has 0 saturated heterocycles. The van der Waals surface area contributed by atoms with Crippen molar-refractivity contribution in [3.63, 3.8) is 0 Å². The lowest BCUT2D eigenvalue weighted by molar-refractivity contribution is 0.0823. The van der Waals surface area contributed by atoms with Gasteiger partial charge in [0.05, 0.1) is 0 Å². The number of rotatable bonds is 4. The molecule has 0 aliphatic heterocycles. The van der Waals surface area contributed by atoms with Crippen LogP contribution in [0.3, 0.4) is 0 Å². The summed E-state index contributed by atoms with van der Waals surface area (Å²) in [5, 5.41) is 7.37. The van der Waals surface area contributed by atoms with Crippen LogP contribution in [0.25, 0.3) is 0 Å². The van der Waals surface area contributed by atoms with Crippen LogP contribution in [0.15, 0.2) is 16.9 Å². The van der Waals surface area contributed by atoms with E-state index in [1.165, 1.54) is 23.2 Å². The molecule has 2 unspecified atom stereocenters. The van der Waals surface area contributed by atoms with Gasteiger partial charge in [0.2, 0.25) is 0 Å². The molecule has 1 aromatic rings. The first-order valence-electron chi connectivity index (χ1n) is 8.72. The Balaban J connectivity index is 2.14. The molecule has 0 bridgehead atoms. The maximum atomic E-state index is 12.6. The first-order chi connectivity index (χ1) is 10.8. The highest BCUT2D eigenvalue weighted by Crippen LogP contribution is 2.38. The summed E-state index contributed by atoms with van der Waals surface area (Å²) in [5.74, 6) is 0.303. The second-order valence-corrected chi connectivity index (χ2v) is 7.62. The molecule has 1 aromatic heterocycles. The van der Waals surface area contributed by atoms with Gasteiger partial charge in [-0.3, -0.25) is 9.59 Å². The summed E-state index contributed by atoms with van der Waals surface area (Å²) < 4.78 is 1.37. The van der Waals surface area contributed by atoms with E-state index in [0.29, 0.717) is 18.2 Å². The topological polar surface area (TPSA) is 64.0 Å². The lowest BCUT2D eigenvalue weighted by Crippen LogP contribution is -2.47. The van der Waals surface area contributed by atoms with Crippen LogP contribution in [0.4, 0.5) is 0 Å². The number of nitrogens with zero attached hydrogens (tertiary/aromatic N) is 2. The molecule has 1 saturated carbocycles. The van der Waals surface area contributed by atoms with Crippen molar-refractivity contribution in [3.8, 4) is 0 Å². The molecule has 0 spiro atoms. The molecule has 23 heavy (non-hydrogen) atoms. The average molecular weight is 319 g/mol. The molecule has 2 rings (SSSR count). The van der Waals surface area contributed by atoms with Crippen LogP contribution < -0.4 is 10.9 Å². The van der Waals surface area contributed by atoms with Crippen LogP contribution in [0.5, 0.6) is 0 Å². The third-order valence-corrected chi connectivity index (χ3v) is 4.73. The van der Waals surface area contributed by atoms with Gasteiger partial charge in [-0.15, -0.1) is 0 Å². The molecule has 1 aliphatic rings. The normalized spacial score (nSPS) is 21.9. The number of carbonyl (C=O) groups is 1. The molecule has 1 fully saturated rings. The Morgan fingerprint density at radius 3 is 2.65 bits per heavy atom. The van der Waals surface area contributed by atoms with Gasteiger partial charge in [-0.25, -0.2) is 4.68 Å². The summed E-state index contributed by atoms with van der Waals surface area (Å²) in [6.45, 7) is 9.23. The van der Waals surface area contributed by atoms with E-state index in [9.17, 15) is 9.59 Å². The average Bonchev–Trinajstić information content (AvgIpc) is 2.49. The minimum absolute atomic E-state index is 0.159. The zero-order chi connectivity index (χ0) is 17.0. The van der Waals surface area contributed by atoms with E-state index >= 15 is 0 Å². The molecule has 5 nitrogen and oxygen atoms in total. The van der Waals surface area contributed by atoms with Gasteiger partial charge >= 0.3 is 0 Å². The lowest BCUT2D eigenvalue weighted by Gasteiger charge is -2.40. The lowest BCUT2D eigenvalue weighted by atomic mass is 9.69. The van der Waals surface area contributed by atoms with Gasteiger partial charge in [0.1, 0.15) is 5.69 Å². The van der Waals surface area contributed by atoms with E-state index in [2.05, 4.69) is 31.2 Å². The molecule has 1 amide bonds. The second kappa shape index (κ2) is 7.28. The number of nitrogens with one attached hydrogen (secondary N) is 1. The summed E-state index contributed by atoms with van der Waals surface area (Å²) in [6, 6.07) is 3.14. The minimum Gasteiger partial charge on any atom is -0.348 e. The molecule has 0 aromatic carbocycles. The number of carbonyl (C=O) groups excluding carboxylic acids is 1. The van der Waals surface area contributed by atoms with Crippen molar-refractivity contribution >= 4 is 5.91 Å². The Hall–Kier alpha value is -1.65. The number of amides is 1. The highest BCUT2D eigenvalue weighted by Gasteiger charge is 2.35. The smallest absolute Gasteiger partial charge is 0.271 e. The number of hydrogen-bond donors (Lipinski definition) is 1. The first-order valence-corrected chi connectivity index (χ1v) is 8.72. The Kier molecular flexibility index (Phi) is 5.60. The van der Waals surface area contributed by atoms with Crippen LogP contribution >= 0.6 is 0 Å². The fourth-order valence-corrected chi connectivity index (χ4v) is 3.52. The molecular formula is C18H29N3O2. The maximum absolute atomic E-state index is 12.6. The SMILES string of the molecule is CCCn1nc(C(=O)NC2CCCCC2C(C)(C)C)ccc1=O. The van der Waals surface area contributed by atoms with Crippen LogP contribution in [0.1, 0.15) is 70.3 Å². The van der Waals surface area contributed by atoms with Gasteiger partial charge in [0.15, 0.2) is 0 Å². The predicted molar refractivity (Wildman–Crippen MR) is 91.5 cm³/mol. The summed E-state index contributed by atoms with van der Waals surface area (Å²) >= 11 is 0. The molecule has 1 heterocycles. The van der Waals surface area contributed by atoms with E-state index in [1.54, 1.807) is 0 Å². The van der Waals surface area contributed by atoms with Crippen LogP contribution in [0, 0.1) is 11.3 Å². The minimum atomic E-state index is -0.170. The van der Waals surface area contributed by atoms with Crippen LogP contribution in [-0.2, 0) is 6.54 Å². The monoisotopic (exact) mass is 319 g/mol. The summed E-state index contributed by atoms with van der Waals surface area (Å²) in [5.41, 5.74) is 0.345. The van der Waals surface area contributed by atoms with Crippen molar-refractivity contribution in [2.24, 2.45) is 11.3 Å². The molecule has 2 atom stereocenters. The molecule has 5 heteroatoms. The van der Waals surface area contributed by atoms with Crippen molar-refractivity contribution in [2.75, 3.05) is 0 Å². The Morgan fingerprint density at radius 2 is 2.00 bits per heavy atom. The molecule has 0 radical (unpaired) electrons. The van der Waals surface area contributed by atoms with Crippen molar-refractivity contribution in [3.05, 3.63) is 28.2 Å². The Bertz CT molecular complexity index is 601. The van der Waals surface area contributed by atoms with Crippen LogP contribution in [0.2, 0.25) is 0 Å². The Labute approximate surface area is 138 Å². The van der Waals surface area contributed by atoms with Crippen LogP contribution in [-0.4, -0.2) is 21.7 Å². The Morgan fingerprint density at radius 1 is 1.30 bits per heavy atom.